The van der Waals surface area contributed by atoms with Crippen molar-refractivity contribution < 1.29 is 9.53 Å². The van der Waals surface area contributed by atoms with Crippen molar-refractivity contribution in [3.63, 3.8) is 0 Å². The van der Waals surface area contributed by atoms with Crippen LogP contribution in [0, 0.1) is 6.92 Å². The molecule has 1 saturated heterocycles. The molecule has 3 heterocycles. The minimum Gasteiger partial charge on any atom is -0.378 e. The number of hydrogen-bond donors (Lipinski definition) is 0. The van der Waals surface area contributed by atoms with E-state index in [0.29, 0.717) is 36.8 Å². The molecule has 118 valence electrons. The molecule has 22 heavy (non-hydrogen) atoms. The summed E-state index contributed by atoms with van der Waals surface area (Å²) in [7, 11) is 1.70. The van der Waals surface area contributed by atoms with Gasteiger partial charge in [-0.15, -0.1) is 11.3 Å². The van der Waals surface area contributed by atoms with Crippen molar-refractivity contribution in [1.82, 2.24) is 14.5 Å². The molecule has 0 unspecified atom stereocenters. The third-order valence-corrected chi connectivity index (χ3v) is 5.50. The Labute approximate surface area is 136 Å². The van der Waals surface area contributed by atoms with Crippen molar-refractivity contribution in [1.29, 1.82) is 0 Å². The predicted octanol–water partition coefficient (Wildman–Crippen LogP) is 1.25. The Balaban J connectivity index is 1.77. The number of aryl methyl sites for hydroxylation is 1. The average molecular weight is 339 g/mol. The lowest BCUT2D eigenvalue weighted by molar-refractivity contribution is -0.132. The normalized spacial score (nSPS) is 15.5. The average Bonchev–Trinajstić information content (AvgIpc) is 2.90. The first-order valence-corrected chi connectivity index (χ1v) is 8.82. The molecule has 0 aromatic carbocycles. The van der Waals surface area contributed by atoms with E-state index in [1.54, 1.807) is 11.9 Å². The van der Waals surface area contributed by atoms with Gasteiger partial charge in [-0.1, -0.05) is 11.8 Å². The van der Waals surface area contributed by atoms with Crippen molar-refractivity contribution in [2.45, 2.75) is 12.1 Å². The number of morpholine rings is 1. The molecule has 1 aliphatic heterocycles. The van der Waals surface area contributed by atoms with Crippen LogP contribution in [0.15, 0.2) is 16.0 Å². The van der Waals surface area contributed by atoms with Crippen molar-refractivity contribution >= 4 is 39.2 Å². The van der Waals surface area contributed by atoms with E-state index in [9.17, 15) is 9.59 Å². The second kappa shape index (κ2) is 6.39. The van der Waals surface area contributed by atoms with Gasteiger partial charge in [0, 0.05) is 25.0 Å². The summed E-state index contributed by atoms with van der Waals surface area (Å²) < 4.78 is 6.76. The van der Waals surface area contributed by atoms with Crippen LogP contribution in [0.4, 0.5) is 0 Å². The SMILES string of the molecule is Cc1cc2c(=O)n(C)c(SCC(=O)N3CCOCC3)nc2s1. The quantitative estimate of drug-likeness (QED) is 0.622. The van der Waals surface area contributed by atoms with Crippen LogP contribution < -0.4 is 5.56 Å². The van der Waals surface area contributed by atoms with Crippen LogP contribution >= 0.6 is 23.1 Å². The summed E-state index contributed by atoms with van der Waals surface area (Å²) in [5, 5.41) is 1.23. The maximum atomic E-state index is 12.3. The standard InChI is InChI=1S/C14H17N3O3S2/c1-9-7-10-12(22-9)15-14(16(2)13(10)19)21-8-11(18)17-3-5-20-6-4-17/h7H,3-6,8H2,1-2H3. The first-order chi connectivity index (χ1) is 10.6. The molecule has 1 aliphatic rings. The van der Waals surface area contributed by atoms with Crippen molar-refractivity contribution in [3.05, 3.63) is 21.3 Å². The molecule has 6 nitrogen and oxygen atoms in total. The summed E-state index contributed by atoms with van der Waals surface area (Å²) in [4.78, 5) is 32.6. The Morgan fingerprint density at radius 3 is 2.91 bits per heavy atom. The molecular weight excluding hydrogens is 322 g/mol. The third-order valence-electron chi connectivity index (χ3n) is 3.54. The van der Waals surface area contributed by atoms with E-state index in [2.05, 4.69) is 4.98 Å². The van der Waals surface area contributed by atoms with Crippen LogP contribution in [0.5, 0.6) is 0 Å². The zero-order valence-corrected chi connectivity index (χ0v) is 14.1. The summed E-state index contributed by atoms with van der Waals surface area (Å²) in [6.07, 6.45) is 0. The van der Waals surface area contributed by atoms with E-state index < -0.39 is 0 Å². The number of amides is 1. The summed E-state index contributed by atoms with van der Waals surface area (Å²) in [5.74, 6) is 0.348. The first kappa shape index (κ1) is 15.5. The van der Waals surface area contributed by atoms with Crippen molar-refractivity contribution in [2.75, 3.05) is 32.1 Å². The topological polar surface area (TPSA) is 64.4 Å². The third kappa shape index (κ3) is 3.04. The Bertz CT molecular complexity index is 763. The fraction of sp³-hybridized carbons (Fsp3) is 0.500. The number of nitrogens with zero attached hydrogens (tertiary/aromatic N) is 3. The molecule has 2 aromatic heterocycles. The molecule has 0 radical (unpaired) electrons. The van der Waals surface area contributed by atoms with Gasteiger partial charge in [0.2, 0.25) is 5.91 Å². The van der Waals surface area contributed by atoms with E-state index in [4.69, 9.17) is 4.74 Å². The fourth-order valence-electron chi connectivity index (χ4n) is 2.33. The molecule has 0 spiro atoms. The number of hydrogen-bond acceptors (Lipinski definition) is 6. The van der Waals surface area contributed by atoms with Crippen molar-refractivity contribution in [3.8, 4) is 0 Å². The predicted molar refractivity (Wildman–Crippen MR) is 87.7 cm³/mol. The van der Waals surface area contributed by atoms with Crippen LogP contribution in [0.25, 0.3) is 10.2 Å². The van der Waals surface area contributed by atoms with Gasteiger partial charge in [-0.05, 0) is 13.0 Å². The number of carbonyl (C=O) groups is 1. The number of ether oxygens (including phenoxy) is 1. The van der Waals surface area contributed by atoms with Crippen molar-refractivity contribution in [2.24, 2.45) is 7.05 Å². The summed E-state index contributed by atoms with van der Waals surface area (Å²) in [6, 6.07) is 1.86. The van der Waals surface area contributed by atoms with Gasteiger partial charge in [0.25, 0.3) is 5.56 Å². The molecule has 8 heteroatoms. The van der Waals surface area contributed by atoms with Gasteiger partial charge in [-0.2, -0.15) is 0 Å². The second-order valence-corrected chi connectivity index (χ2v) is 7.29. The summed E-state index contributed by atoms with van der Waals surface area (Å²) >= 11 is 2.82. The van der Waals surface area contributed by atoms with E-state index in [1.807, 2.05) is 13.0 Å². The minimum atomic E-state index is -0.0596. The van der Waals surface area contributed by atoms with Gasteiger partial charge in [0.1, 0.15) is 4.83 Å². The van der Waals surface area contributed by atoms with Crippen LogP contribution in [0.2, 0.25) is 0 Å². The molecule has 0 atom stereocenters. The fourth-order valence-corrected chi connectivity index (χ4v) is 4.12. The molecule has 0 N–H and O–H groups in total. The maximum Gasteiger partial charge on any atom is 0.262 e. The number of aromatic nitrogens is 2. The molecule has 1 amide bonds. The Hall–Kier alpha value is -1.38. The summed E-state index contributed by atoms with van der Waals surface area (Å²) in [5.41, 5.74) is -0.0596. The number of rotatable bonds is 3. The lowest BCUT2D eigenvalue weighted by Gasteiger charge is -2.26. The van der Waals surface area contributed by atoms with Gasteiger partial charge < -0.3 is 9.64 Å². The lowest BCUT2D eigenvalue weighted by atomic mass is 10.4. The largest absolute Gasteiger partial charge is 0.378 e. The van der Waals surface area contributed by atoms with E-state index in [1.165, 1.54) is 27.7 Å². The minimum absolute atomic E-state index is 0.0596. The molecule has 0 saturated carbocycles. The Kier molecular flexibility index (Phi) is 4.51. The van der Waals surface area contributed by atoms with Gasteiger partial charge in [-0.25, -0.2) is 4.98 Å². The maximum absolute atomic E-state index is 12.3. The van der Waals surface area contributed by atoms with Gasteiger partial charge in [0.05, 0.1) is 24.4 Å². The Morgan fingerprint density at radius 1 is 1.45 bits per heavy atom. The number of thiophene rings is 1. The monoisotopic (exact) mass is 339 g/mol. The molecule has 0 aliphatic carbocycles. The van der Waals surface area contributed by atoms with Crippen LogP contribution in [0.3, 0.4) is 0 Å². The molecular formula is C14H17N3O3S2. The molecule has 3 rings (SSSR count). The first-order valence-electron chi connectivity index (χ1n) is 7.02. The van der Waals surface area contributed by atoms with Gasteiger partial charge >= 0.3 is 0 Å². The van der Waals surface area contributed by atoms with Crippen LogP contribution in [-0.2, 0) is 16.6 Å². The highest BCUT2D eigenvalue weighted by molar-refractivity contribution is 7.99. The summed E-state index contributed by atoms with van der Waals surface area (Å²) in [6.45, 7) is 4.41. The number of thioether (sulfide) groups is 1. The molecule has 1 fully saturated rings. The zero-order chi connectivity index (χ0) is 15.7. The van der Waals surface area contributed by atoms with Gasteiger partial charge in [0.15, 0.2) is 5.16 Å². The zero-order valence-electron chi connectivity index (χ0n) is 12.5. The highest BCUT2D eigenvalue weighted by atomic mass is 32.2. The Morgan fingerprint density at radius 2 is 2.18 bits per heavy atom. The van der Waals surface area contributed by atoms with Crippen LogP contribution in [0.1, 0.15) is 4.88 Å². The number of carbonyl (C=O) groups excluding carboxylic acids is 1. The van der Waals surface area contributed by atoms with Crippen LogP contribution in [-0.4, -0.2) is 52.4 Å². The van der Waals surface area contributed by atoms with E-state index >= 15 is 0 Å². The van der Waals surface area contributed by atoms with E-state index in [0.717, 1.165) is 9.71 Å². The lowest BCUT2D eigenvalue weighted by Crippen LogP contribution is -2.41. The smallest absolute Gasteiger partial charge is 0.262 e. The van der Waals surface area contributed by atoms with Gasteiger partial charge in [-0.3, -0.25) is 14.2 Å². The highest BCUT2D eigenvalue weighted by Gasteiger charge is 2.18. The van der Waals surface area contributed by atoms with E-state index in [-0.39, 0.29) is 17.2 Å². The number of fused-ring (bicyclic) bond motifs is 1. The highest BCUT2D eigenvalue weighted by Crippen LogP contribution is 2.23. The molecule has 2 aromatic rings. The molecule has 0 bridgehead atoms. The second-order valence-electron chi connectivity index (χ2n) is 5.12.